The highest BCUT2D eigenvalue weighted by Gasteiger charge is 2.22. The summed E-state index contributed by atoms with van der Waals surface area (Å²) < 4.78 is 0. The quantitative estimate of drug-likeness (QED) is 0.757. The predicted octanol–water partition coefficient (Wildman–Crippen LogP) is 2.51. The minimum absolute atomic E-state index is 0.265. The van der Waals surface area contributed by atoms with Crippen molar-refractivity contribution < 1.29 is 10.0 Å². The molecule has 1 fully saturated rings. The summed E-state index contributed by atoms with van der Waals surface area (Å²) in [5.41, 5.74) is 2.47. The Bertz CT molecular complexity index is 672. The van der Waals surface area contributed by atoms with Crippen molar-refractivity contribution >= 4 is 29.1 Å². The van der Waals surface area contributed by atoms with Gasteiger partial charge >= 0.3 is 0 Å². The van der Waals surface area contributed by atoms with Crippen LogP contribution in [0.25, 0.3) is 0 Å². The van der Waals surface area contributed by atoms with Crippen molar-refractivity contribution in [3.05, 3.63) is 59.1 Å². The summed E-state index contributed by atoms with van der Waals surface area (Å²) in [6.45, 7) is 7.04. The van der Waals surface area contributed by atoms with Crippen LogP contribution in [0.15, 0.2) is 53.4 Å². The largest absolute Gasteiger partial charge is 0.386 e. The first-order valence-electron chi connectivity index (χ1n) is 8.82. The predicted molar refractivity (Wildman–Crippen MR) is 107 cm³/mol. The van der Waals surface area contributed by atoms with Gasteiger partial charge in [0.05, 0.1) is 26.2 Å². The van der Waals surface area contributed by atoms with E-state index in [2.05, 4.69) is 42.2 Å². The van der Waals surface area contributed by atoms with Gasteiger partial charge in [-0.2, -0.15) is 0 Å². The van der Waals surface area contributed by atoms with Crippen molar-refractivity contribution in [1.29, 1.82) is 0 Å². The third kappa shape index (κ3) is 5.65. The Morgan fingerprint density at radius 3 is 2.56 bits per heavy atom. The molecule has 3 rings (SSSR count). The number of hydrogen-bond acceptors (Lipinski definition) is 3. The fourth-order valence-electron chi connectivity index (χ4n) is 3.18. The van der Waals surface area contributed by atoms with Crippen LogP contribution in [0, 0.1) is 6.92 Å². The smallest absolute Gasteiger partial charge is 0.112 e. The van der Waals surface area contributed by atoms with E-state index in [9.17, 15) is 5.11 Å². The topological polar surface area (TPSA) is 27.9 Å². The van der Waals surface area contributed by atoms with Gasteiger partial charge in [-0.1, -0.05) is 35.4 Å². The molecule has 1 saturated heterocycles. The van der Waals surface area contributed by atoms with Gasteiger partial charge in [-0.25, -0.2) is 0 Å². The number of nitrogens with zero attached hydrogens (tertiary/aromatic N) is 1. The van der Waals surface area contributed by atoms with E-state index in [1.54, 1.807) is 11.8 Å². The van der Waals surface area contributed by atoms with Gasteiger partial charge in [-0.05, 0) is 37.3 Å². The number of aryl methyl sites for hydroxylation is 1. The fraction of sp³-hybridized carbons (Fsp3) is 0.400. The molecule has 2 aromatic carbocycles. The minimum Gasteiger partial charge on any atom is -0.386 e. The lowest BCUT2D eigenvalue weighted by atomic mass is 10.2. The second-order valence-corrected chi connectivity index (χ2v) is 8.23. The number of benzene rings is 2. The van der Waals surface area contributed by atoms with Crippen molar-refractivity contribution in [3.63, 3.8) is 0 Å². The average molecular weight is 378 g/mol. The Hall–Kier alpha value is -1.20. The Balaban J connectivity index is 1.41. The second-order valence-electron chi connectivity index (χ2n) is 6.70. The SMILES string of the molecule is Cc1ccc(SC[C@@H](O)C[NH+]2CCN(c3cccc(Cl)c3)CC2)cc1. The molecule has 2 aromatic rings. The van der Waals surface area contributed by atoms with Gasteiger partial charge in [-0.15, -0.1) is 11.8 Å². The van der Waals surface area contributed by atoms with Gasteiger partial charge < -0.3 is 14.9 Å². The van der Waals surface area contributed by atoms with Crippen LogP contribution in [0.4, 0.5) is 5.69 Å². The van der Waals surface area contributed by atoms with E-state index in [0.29, 0.717) is 0 Å². The number of nitrogens with one attached hydrogen (secondary N) is 1. The molecule has 3 nitrogen and oxygen atoms in total. The number of halogens is 1. The van der Waals surface area contributed by atoms with E-state index in [4.69, 9.17) is 11.6 Å². The maximum Gasteiger partial charge on any atom is 0.112 e. The van der Waals surface area contributed by atoms with Crippen LogP contribution < -0.4 is 9.80 Å². The monoisotopic (exact) mass is 377 g/mol. The van der Waals surface area contributed by atoms with E-state index in [-0.39, 0.29) is 6.10 Å². The summed E-state index contributed by atoms with van der Waals surface area (Å²) in [6, 6.07) is 16.6. The normalized spacial score (nSPS) is 16.8. The lowest BCUT2D eigenvalue weighted by molar-refractivity contribution is -0.903. The molecule has 0 amide bonds. The highest BCUT2D eigenvalue weighted by Crippen LogP contribution is 2.20. The molecule has 134 valence electrons. The molecule has 1 aliphatic rings. The maximum absolute atomic E-state index is 10.4. The van der Waals surface area contributed by atoms with Gasteiger partial charge in [0, 0.05) is 21.4 Å². The third-order valence-electron chi connectivity index (χ3n) is 4.63. The van der Waals surface area contributed by atoms with Crippen molar-refractivity contribution in [3.8, 4) is 0 Å². The molecule has 0 bridgehead atoms. The van der Waals surface area contributed by atoms with Crippen molar-refractivity contribution in [2.24, 2.45) is 0 Å². The molecule has 2 N–H and O–H groups in total. The molecule has 0 saturated carbocycles. The van der Waals surface area contributed by atoms with Gasteiger partial charge in [-0.3, -0.25) is 0 Å². The summed E-state index contributed by atoms with van der Waals surface area (Å²) in [6.07, 6.45) is -0.265. The molecule has 0 unspecified atom stereocenters. The average Bonchev–Trinajstić information content (AvgIpc) is 2.62. The molecule has 1 atom stereocenters. The summed E-state index contributed by atoms with van der Waals surface area (Å²) in [4.78, 5) is 5.09. The van der Waals surface area contributed by atoms with E-state index in [0.717, 1.165) is 43.5 Å². The van der Waals surface area contributed by atoms with Crippen LogP contribution in [0.5, 0.6) is 0 Å². The standard InChI is InChI=1S/C20H25ClN2OS/c1-16-5-7-20(8-6-16)25-15-19(24)14-22-9-11-23(12-10-22)18-4-2-3-17(21)13-18/h2-8,13,19,24H,9-12,14-15H2,1H3/p+1/t19-/m0/s1. The van der Waals surface area contributed by atoms with Gasteiger partial charge in [0.2, 0.25) is 0 Å². The molecule has 1 aliphatic heterocycles. The zero-order valence-corrected chi connectivity index (χ0v) is 16.2. The highest BCUT2D eigenvalue weighted by atomic mass is 35.5. The number of quaternary nitrogens is 1. The van der Waals surface area contributed by atoms with Crippen LogP contribution in [-0.4, -0.2) is 49.7 Å². The second kappa shape index (κ2) is 8.95. The van der Waals surface area contributed by atoms with Gasteiger partial charge in [0.1, 0.15) is 12.6 Å². The summed E-state index contributed by atoms with van der Waals surface area (Å²) >= 11 is 7.82. The first kappa shape index (κ1) is 18.6. The van der Waals surface area contributed by atoms with Crippen molar-refractivity contribution in [1.82, 2.24) is 0 Å². The van der Waals surface area contributed by atoms with Crippen LogP contribution in [-0.2, 0) is 0 Å². The molecular weight excluding hydrogens is 352 g/mol. The highest BCUT2D eigenvalue weighted by molar-refractivity contribution is 7.99. The molecule has 25 heavy (non-hydrogen) atoms. The Morgan fingerprint density at radius 2 is 1.88 bits per heavy atom. The lowest BCUT2D eigenvalue weighted by Crippen LogP contribution is -3.15. The van der Waals surface area contributed by atoms with E-state index in [1.807, 2.05) is 18.2 Å². The number of aliphatic hydroxyl groups excluding tert-OH is 1. The maximum atomic E-state index is 10.4. The first-order valence-corrected chi connectivity index (χ1v) is 10.2. The molecule has 0 aromatic heterocycles. The number of aliphatic hydroxyl groups is 1. The molecule has 5 heteroatoms. The number of hydrogen-bond donors (Lipinski definition) is 2. The number of anilines is 1. The van der Waals surface area contributed by atoms with Crippen LogP contribution in [0.1, 0.15) is 5.56 Å². The van der Waals surface area contributed by atoms with Crippen molar-refractivity contribution in [2.45, 2.75) is 17.9 Å². The van der Waals surface area contributed by atoms with Crippen LogP contribution in [0.3, 0.4) is 0 Å². The Morgan fingerprint density at radius 1 is 1.16 bits per heavy atom. The van der Waals surface area contributed by atoms with E-state index < -0.39 is 0 Å². The molecule has 1 heterocycles. The molecule has 0 aliphatic carbocycles. The van der Waals surface area contributed by atoms with Crippen LogP contribution >= 0.6 is 23.4 Å². The van der Waals surface area contributed by atoms with E-state index >= 15 is 0 Å². The number of piperazine rings is 1. The fourth-order valence-corrected chi connectivity index (χ4v) is 4.19. The minimum atomic E-state index is -0.265. The summed E-state index contributed by atoms with van der Waals surface area (Å²) in [5.74, 6) is 0.755. The molecule has 0 radical (unpaired) electrons. The van der Waals surface area contributed by atoms with Gasteiger partial charge in [0.15, 0.2) is 0 Å². The molecule has 0 spiro atoms. The Labute approximate surface area is 159 Å². The number of rotatable bonds is 6. The van der Waals surface area contributed by atoms with Crippen LogP contribution in [0.2, 0.25) is 5.02 Å². The first-order chi connectivity index (χ1) is 12.1. The summed E-state index contributed by atoms with van der Waals surface area (Å²) in [7, 11) is 0. The lowest BCUT2D eigenvalue weighted by Gasteiger charge is -2.34. The third-order valence-corrected chi connectivity index (χ3v) is 6.02. The van der Waals surface area contributed by atoms with E-state index in [1.165, 1.54) is 21.0 Å². The zero-order valence-electron chi connectivity index (χ0n) is 14.6. The zero-order chi connectivity index (χ0) is 17.6. The van der Waals surface area contributed by atoms with Gasteiger partial charge in [0.25, 0.3) is 0 Å². The number of thioether (sulfide) groups is 1. The Kier molecular flexibility index (Phi) is 6.65. The summed E-state index contributed by atoms with van der Waals surface area (Å²) in [5, 5.41) is 11.2. The van der Waals surface area contributed by atoms with Crippen molar-refractivity contribution in [2.75, 3.05) is 43.4 Å². The molecular formula is C20H26ClN2OS+.